The molecule has 1 N–H and O–H groups in total. The number of nitrogens with one attached hydrogen (secondary N) is 1. The second-order valence-electron chi connectivity index (χ2n) is 8.67. The van der Waals surface area contributed by atoms with Crippen molar-refractivity contribution in [3.05, 3.63) is 29.8 Å². The molecule has 0 spiro atoms. The zero-order valence-electron chi connectivity index (χ0n) is 17.6. The van der Waals surface area contributed by atoms with Gasteiger partial charge in [0.2, 0.25) is 11.9 Å². The number of carbonyl (C=O) groups excluding carboxylic acids is 1. The van der Waals surface area contributed by atoms with Crippen LogP contribution in [0.3, 0.4) is 0 Å². The lowest BCUT2D eigenvalue weighted by Gasteiger charge is -2.31. The molecular weight excluding hydrogens is 382 g/mol. The molecule has 1 saturated heterocycles. The van der Waals surface area contributed by atoms with Gasteiger partial charge in [0.15, 0.2) is 5.16 Å². The fourth-order valence-corrected chi connectivity index (χ4v) is 4.52. The number of anilines is 2. The van der Waals surface area contributed by atoms with Crippen molar-refractivity contribution in [2.24, 2.45) is 5.92 Å². The first kappa shape index (κ1) is 20.3. The van der Waals surface area contributed by atoms with Crippen molar-refractivity contribution in [2.45, 2.75) is 63.6 Å². The minimum Gasteiger partial charge on any atom is -0.341 e. The van der Waals surface area contributed by atoms with Crippen molar-refractivity contribution < 1.29 is 4.79 Å². The molecule has 0 unspecified atom stereocenters. The van der Waals surface area contributed by atoms with E-state index in [2.05, 4.69) is 57.9 Å². The van der Waals surface area contributed by atoms with Crippen molar-refractivity contribution >= 4 is 29.3 Å². The first-order chi connectivity index (χ1) is 14.0. The highest BCUT2D eigenvalue weighted by Gasteiger charge is 2.32. The van der Waals surface area contributed by atoms with Gasteiger partial charge in [0.25, 0.3) is 0 Å². The molecule has 1 aromatic heterocycles. The maximum Gasteiger partial charge on any atom is 0.234 e. The predicted molar refractivity (Wildman–Crippen MR) is 119 cm³/mol. The zero-order chi connectivity index (χ0) is 20.4. The van der Waals surface area contributed by atoms with Gasteiger partial charge in [-0.2, -0.15) is 0 Å². The maximum atomic E-state index is 12.4. The van der Waals surface area contributed by atoms with Crippen molar-refractivity contribution in [1.29, 1.82) is 0 Å². The van der Waals surface area contributed by atoms with Crippen LogP contribution in [-0.4, -0.2) is 39.5 Å². The zero-order valence-corrected chi connectivity index (χ0v) is 18.4. The summed E-state index contributed by atoms with van der Waals surface area (Å²) in [6.07, 6.45) is 4.77. The fourth-order valence-electron chi connectivity index (χ4n) is 3.72. The number of thioether (sulfide) groups is 1. The first-order valence-corrected chi connectivity index (χ1v) is 11.7. The van der Waals surface area contributed by atoms with Gasteiger partial charge < -0.3 is 10.2 Å². The van der Waals surface area contributed by atoms with E-state index in [1.807, 2.05) is 12.1 Å². The molecule has 6 nitrogen and oxygen atoms in total. The Labute approximate surface area is 177 Å². The summed E-state index contributed by atoms with van der Waals surface area (Å²) < 4.78 is 2.27. The summed E-state index contributed by atoms with van der Waals surface area (Å²) in [5.41, 5.74) is 2.11. The summed E-state index contributed by atoms with van der Waals surface area (Å²) in [7, 11) is 0. The SMILES string of the molecule is CC1CCN(c2nnc(SCC(=O)Nc3ccc(C(C)C)cc3)n2C2CC2)CC1. The maximum absolute atomic E-state index is 12.4. The van der Waals surface area contributed by atoms with E-state index in [0.29, 0.717) is 17.7 Å². The van der Waals surface area contributed by atoms with E-state index in [1.54, 1.807) is 0 Å². The first-order valence-electron chi connectivity index (χ1n) is 10.7. The minimum atomic E-state index is -0.00834. The normalized spacial score (nSPS) is 17.7. The van der Waals surface area contributed by atoms with Gasteiger partial charge in [-0.05, 0) is 55.2 Å². The van der Waals surface area contributed by atoms with Crippen molar-refractivity contribution in [1.82, 2.24) is 14.8 Å². The molecule has 0 radical (unpaired) electrons. The third-order valence-electron chi connectivity index (χ3n) is 5.82. The molecule has 1 aliphatic heterocycles. The number of hydrogen-bond acceptors (Lipinski definition) is 5. The number of carbonyl (C=O) groups is 1. The van der Waals surface area contributed by atoms with Crippen LogP contribution in [0.4, 0.5) is 11.6 Å². The van der Waals surface area contributed by atoms with Gasteiger partial charge in [-0.15, -0.1) is 10.2 Å². The molecule has 0 bridgehead atoms. The summed E-state index contributed by atoms with van der Waals surface area (Å²) in [6, 6.07) is 8.58. The van der Waals surface area contributed by atoms with Crippen molar-refractivity contribution in [3.8, 4) is 0 Å². The average molecular weight is 414 g/mol. The lowest BCUT2D eigenvalue weighted by molar-refractivity contribution is -0.113. The molecule has 1 saturated carbocycles. The Bertz CT molecular complexity index is 835. The number of nitrogens with zero attached hydrogens (tertiary/aromatic N) is 4. The van der Waals surface area contributed by atoms with Crippen molar-refractivity contribution in [3.63, 3.8) is 0 Å². The molecule has 2 heterocycles. The van der Waals surface area contributed by atoms with Crippen LogP contribution in [0.15, 0.2) is 29.4 Å². The Kier molecular flexibility index (Phi) is 6.13. The lowest BCUT2D eigenvalue weighted by Crippen LogP contribution is -2.34. The summed E-state index contributed by atoms with van der Waals surface area (Å²) in [4.78, 5) is 14.8. The van der Waals surface area contributed by atoms with Crippen LogP contribution in [-0.2, 0) is 4.79 Å². The predicted octanol–water partition coefficient (Wildman–Crippen LogP) is 4.70. The van der Waals surface area contributed by atoms with E-state index in [-0.39, 0.29) is 5.91 Å². The standard InChI is InChI=1S/C22H31N5OS/c1-15(2)17-4-6-18(7-5-17)23-20(28)14-29-22-25-24-21(27(22)19-8-9-19)26-12-10-16(3)11-13-26/h4-7,15-16,19H,8-14H2,1-3H3,(H,23,28). The van der Waals surface area contributed by atoms with Gasteiger partial charge in [-0.1, -0.05) is 44.7 Å². The number of hydrogen-bond donors (Lipinski definition) is 1. The smallest absolute Gasteiger partial charge is 0.234 e. The van der Waals surface area contributed by atoms with E-state index in [9.17, 15) is 4.79 Å². The highest BCUT2D eigenvalue weighted by atomic mass is 32.2. The van der Waals surface area contributed by atoms with Crippen molar-refractivity contribution in [2.75, 3.05) is 29.1 Å². The number of amides is 1. The second-order valence-corrected chi connectivity index (χ2v) is 9.61. The van der Waals surface area contributed by atoms with E-state index in [0.717, 1.165) is 35.8 Å². The Balaban J connectivity index is 1.37. The summed E-state index contributed by atoms with van der Waals surface area (Å²) in [5, 5.41) is 12.8. The second kappa shape index (κ2) is 8.78. The Hall–Kier alpha value is -2.02. The van der Waals surface area contributed by atoms with E-state index in [4.69, 9.17) is 0 Å². The molecule has 1 amide bonds. The quantitative estimate of drug-likeness (QED) is 0.667. The molecular formula is C22H31N5OS. The van der Waals surface area contributed by atoms with E-state index < -0.39 is 0 Å². The summed E-state index contributed by atoms with van der Waals surface area (Å²) >= 11 is 1.49. The van der Waals surface area contributed by atoms with Gasteiger partial charge in [0.05, 0.1) is 5.75 Å². The third kappa shape index (κ3) is 4.94. The molecule has 29 heavy (non-hydrogen) atoms. The monoisotopic (exact) mass is 413 g/mol. The van der Waals surface area contributed by atoms with Crippen LogP contribution in [0, 0.1) is 5.92 Å². The highest BCUT2D eigenvalue weighted by molar-refractivity contribution is 7.99. The molecule has 1 aliphatic carbocycles. The molecule has 2 aliphatic rings. The molecule has 7 heteroatoms. The van der Waals surface area contributed by atoms with Gasteiger partial charge in [0, 0.05) is 24.8 Å². The Morgan fingerprint density at radius 2 is 1.83 bits per heavy atom. The molecule has 4 rings (SSSR count). The van der Waals surface area contributed by atoms with Crippen LogP contribution in [0.1, 0.15) is 64.0 Å². The molecule has 1 aromatic carbocycles. The van der Waals surface area contributed by atoms with Crippen LogP contribution in [0.2, 0.25) is 0 Å². The molecule has 2 fully saturated rings. The average Bonchev–Trinajstić information content (AvgIpc) is 3.46. The Morgan fingerprint density at radius 3 is 2.45 bits per heavy atom. The summed E-state index contributed by atoms with van der Waals surface area (Å²) in [5.74, 6) is 2.60. The fraction of sp³-hybridized carbons (Fsp3) is 0.591. The topological polar surface area (TPSA) is 63.1 Å². The summed E-state index contributed by atoms with van der Waals surface area (Å²) in [6.45, 7) is 8.74. The number of aromatic nitrogens is 3. The van der Waals surface area contributed by atoms with Gasteiger partial charge in [-0.3, -0.25) is 9.36 Å². The number of rotatable bonds is 7. The van der Waals surface area contributed by atoms with Crippen LogP contribution in [0.25, 0.3) is 0 Å². The van der Waals surface area contributed by atoms with Gasteiger partial charge in [-0.25, -0.2) is 0 Å². The number of benzene rings is 1. The molecule has 0 atom stereocenters. The Morgan fingerprint density at radius 1 is 1.14 bits per heavy atom. The highest BCUT2D eigenvalue weighted by Crippen LogP contribution is 2.41. The lowest BCUT2D eigenvalue weighted by atomic mass is 10.00. The third-order valence-corrected chi connectivity index (χ3v) is 6.76. The molecule has 2 aromatic rings. The van der Waals surface area contributed by atoms with E-state index in [1.165, 1.54) is 43.0 Å². The number of piperidine rings is 1. The minimum absolute atomic E-state index is 0.00834. The van der Waals surface area contributed by atoms with Crippen LogP contribution < -0.4 is 10.2 Å². The van der Waals surface area contributed by atoms with Gasteiger partial charge in [0.1, 0.15) is 0 Å². The van der Waals surface area contributed by atoms with E-state index >= 15 is 0 Å². The largest absolute Gasteiger partial charge is 0.341 e. The van der Waals surface area contributed by atoms with Gasteiger partial charge >= 0.3 is 0 Å². The molecule has 156 valence electrons. The van der Waals surface area contributed by atoms with Crippen LogP contribution >= 0.6 is 11.8 Å². The van der Waals surface area contributed by atoms with Crippen LogP contribution in [0.5, 0.6) is 0 Å².